The van der Waals surface area contributed by atoms with Gasteiger partial charge in [-0.25, -0.2) is 9.37 Å². The standard InChI is InChI=1S/C22H27ClFN5O4/c1-12(10-33-2)27-21(31)18-19(26-11-25-18)22(32)28-15-6-3-13(4-7-15)20(30)29-17-8-5-14(24)9-16(17)23/h5,8-9,11-13,15H,3-4,6-7,10H2,1-2H3,(H,25,26)(H,27,31)(H,28,32)(H,29,30). The molecule has 1 aliphatic rings. The maximum absolute atomic E-state index is 13.2. The van der Waals surface area contributed by atoms with E-state index in [1.165, 1.54) is 25.6 Å². The van der Waals surface area contributed by atoms with Gasteiger partial charge in [-0.1, -0.05) is 11.6 Å². The van der Waals surface area contributed by atoms with E-state index in [-0.39, 0.29) is 40.3 Å². The van der Waals surface area contributed by atoms with Crippen molar-refractivity contribution in [1.82, 2.24) is 20.6 Å². The number of ether oxygens (including phenoxy) is 1. The predicted molar refractivity (Wildman–Crippen MR) is 121 cm³/mol. The minimum absolute atomic E-state index is 0.0136. The number of methoxy groups -OCH3 is 1. The fourth-order valence-corrected chi connectivity index (χ4v) is 4.02. The zero-order chi connectivity index (χ0) is 24.0. The van der Waals surface area contributed by atoms with Crippen LogP contribution in [0.15, 0.2) is 24.5 Å². The summed E-state index contributed by atoms with van der Waals surface area (Å²) in [4.78, 5) is 44.4. The van der Waals surface area contributed by atoms with Crippen LogP contribution in [0, 0.1) is 11.7 Å². The molecule has 1 fully saturated rings. The number of nitrogens with one attached hydrogen (secondary N) is 4. The Morgan fingerprint density at radius 2 is 1.97 bits per heavy atom. The third kappa shape index (κ3) is 6.52. The molecule has 1 aromatic carbocycles. The predicted octanol–water partition coefficient (Wildman–Crippen LogP) is 2.89. The van der Waals surface area contributed by atoms with Gasteiger partial charge in [-0.05, 0) is 50.8 Å². The number of aromatic amines is 1. The third-order valence-electron chi connectivity index (χ3n) is 5.50. The summed E-state index contributed by atoms with van der Waals surface area (Å²) >= 11 is 5.98. The molecular weight excluding hydrogens is 453 g/mol. The molecule has 33 heavy (non-hydrogen) atoms. The van der Waals surface area contributed by atoms with Gasteiger partial charge in [-0.15, -0.1) is 0 Å². The van der Waals surface area contributed by atoms with Crippen molar-refractivity contribution in [2.75, 3.05) is 19.0 Å². The molecule has 1 aliphatic carbocycles. The molecule has 0 spiro atoms. The molecule has 4 N–H and O–H groups in total. The molecule has 9 nitrogen and oxygen atoms in total. The van der Waals surface area contributed by atoms with E-state index in [0.29, 0.717) is 38.0 Å². The molecule has 0 radical (unpaired) electrons. The van der Waals surface area contributed by atoms with Crippen LogP contribution in [0.3, 0.4) is 0 Å². The first-order chi connectivity index (χ1) is 15.8. The van der Waals surface area contributed by atoms with Crippen LogP contribution >= 0.6 is 11.6 Å². The average Bonchev–Trinajstić information content (AvgIpc) is 3.26. The van der Waals surface area contributed by atoms with Crippen molar-refractivity contribution in [2.24, 2.45) is 5.92 Å². The number of aromatic nitrogens is 2. The van der Waals surface area contributed by atoms with Gasteiger partial charge in [-0.2, -0.15) is 0 Å². The lowest BCUT2D eigenvalue weighted by Gasteiger charge is -2.28. The van der Waals surface area contributed by atoms with Gasteiger partial charge in [0.05, 0.1) is 23.6 Å². The number of carbonyl (C=O) groups excluding carboxylic acids is 3. The SMILES string of the molecule is COCC(C)NC(=O)c1nc[nH]c1C(=O)NC1CCC(C(=O)Nc2ccc(F)cc2Cl)CC1. The van der Waals surface area contributed by atoms with Gasteiger partial charge < -0.3 is 25.7 Å². The number of amides is 3. The number of benzene rings is 1. The first-order valence-electron chi connectivity index (χ1n) is 10.7. The number of rotatable bonds is 8. The van der Waals surface area contributed by atoms with Crippen LogP contribution in [0.25, 0.3) is 0 Å². The maximum Gasteiger partial charge on any atom is 0.272 e. The molecule has 11 heteroatoms. The van der Waals surface area contributed by atoms with E-state index in [9.17, 15) is 18.8 Å². The molecule has 1 heterocycles. The zero-order valence-corrected chi connectivity index (χ0v) is 19.2. The second kappa shape index (κ2) is 11.2. The second-order valence-corrected chi connectivity index (χ2v) is 8.50. The van der Waals surface area contributed by atoms with Gasteiger partial charge in [0.2, 0.25) is 5.91 Å². The second-order valence-electron chi connectivity index (χ2n) is 8.09. The molecule has 1 atom stereocenters. The quantitative estimate of drug-likeness (QED) is 0.463. The van der Waals surface area contributed by atoms with Crippen LogP contribution in [-0.2, 0) is 9.53 Å². The van der Waals surface area contributed by atoms with Crippen molar-refractivity contribution < 1.29 is 23.5 Å². The summed E-state index contributed by atoms with van der Waals surface area (Å²) in [5.41, 5.74) is 0.464. The van der Waals surface area contributed by atoms with Crippen molar-refractivity contribution in [3.05, 3.63) is 46.8 Å². The van der Waals surface area contributed by atoms with Gasteiger partial charge >= 0.3 is 0 Å². The number of nitrogens with zero attached hydrogens (tertiary/aromatic N) is 1. The smallest absolute Gasteiger partial charge is 0.272 e. The molecule has 178 valence electrons. The van der Waals surface area contributed by atoms with Crippen molar-refractivity contribution in [1.29, 1.82) is 0 Å². The lowest BCUT2D eigenvalue weighted by Crippen LogP contribution is -2.41. The number of hydrogen-bond donors (Lipinski definition) is 4. The Morgan fingerprint density at radius 1 is 1.24 bits per heavy atom. The molecule has 1 unspecified atom stereocenters. The van der Waals surface area contributed by atoms with Gasteiger partial charge in [0.25, 0.3) is 11.8 Å². The number of carbonyl (C=O) groups is 3. The Bertz CT molecular complexity index is 1010. The topological polar surface area (TPSA) is 125 Å². The van der Waals surface area contributed by atoms with Crippen LogP contribution in [0.4, 0.5) is 10.1 Å². The summed E-state index contributed by atoms with van der Waals surface area (Å²) in [7, 11) is 1.53. The Hall–Kier alpha value is -2.98. The number of imidazole rings is 1. The molecule has 3 rings (SSSR count). The van der Waals surface area contributed by atoms with Crippen molar-refractivity contribution in [3.8, 4) is 0 Å². The monoisotopic (exact) mass is 479 g/mol. The van der Waals surface area contributed by atoms with Gasteiger partial charge in [0, 0.05) is 25.1 Å². The van der Waals surface area contributed by atoms with Crippen LogP contribution in [-0.4, -0.2) is 53.5 Å². The molecule has 2 aromatic rings. The number of anilines is 1. The Labute approximate surface area is 195 Å². The molecule has 1 saturated carbocycles. The van der Waals surface area contributed by atoms with E-state index in [1.54, 1.807) is 6.92 Å². The summed E-state index contributed by atoms with van der Waals surface area (Å²) in [6.45, 7) is 2.12. The van der Waals surface area contributed by atoms with Gasteiger partial charge in [0.15, 0.2) is 5.69 Å². The van der Waals surface area contributed by atoms with E-state index in [1.807, 2.05) is 0 Å². The number of hydrogen-bond acceptors (Lipinski definition) is 5. The zero-order valence-electron chi connectivity index (χ0n) is 18.4. The Morgan fingerprint density at radius 3 is 2.64 bits per heavy atom. The highest BCUT2D eigenvalue weighted by atomic mass is 35.5. The first-order valence-corrected chi connectivity index (χ1v) is 11.1. The summed E-state index contributed by atoms with van der Waals surface area (Å²) in [5.74, 6) is -1.80. The molecule has 0 aliphatic heterocycles. The first kappa shape index (κ1) is 24.7. The minimum Gasteiger partial charge on any atom is -0.383 e. The van der Waals surface area contributed by atoms with Gasteiger partial charge in [0.1, 0.15) is 11.5 Å². The van der Waals surface area contributed by atoms with Gasteiger partial charge in [-0.3, -0.25) is 14.4 Å². The van der Waals surface area contributed by atoms with Crippen molar-refractivity contribution >= 4 is 35.0 Å². The summed E-state index contributed by atoms with van der Waals surface area (Å²) in [6, 6.07) is 3.43. The summed E-state index contributed by atoms with van der Waals surface area (Å²) in [6.07, 6.45) is 3.64. The van der Waals surface area contributed by atoms with Crippen LogP contribution < -0.4 is 16.0 Å². The molecule has 0 saturated heterocycles. The van der Waals surface area contributed by atoms with E-state index in [0.717, 1.165) is 6.07 Å². The lowest BCUT2D eigenvalue weighted by atomic mass is 9.85. The molecule has 3 amide bonds. The highest BCUT2D eigenvalue weighted by Crippen LogP contribution is 2.28. The van der Waals surface area contributed by atoms with Crippen LogP contribution in [0.2, 0.25) is 5.02 Å². The van der Waals surface area contributed by atoms with E-state index < -0.39 is 17.6 Å². The highest BCUT2D eigenvalue weighted by Gasteiger charge is 2.29. The average molecular weight is 480 g/mol. The molecule has 0 bridgehead atoms. The fraction of sp³-hybridized carbons (Fsp3) is 0.455. The fourth-order valence-electron chi connectivity index (χ4n) is 3.81. The normalized spacial score (nSPS) is 18.9. The Kier molecular flexibility index (Phi) is 8.40. The van der Waals surface area contributed by atoms with E-state index in [4.69, 9.17) is 16.3 Å². The Balaban J connectivity index is 1.51. The lowest BCUT2D eigenvalue weighted by molar-refractivity contribution is -0.120. The minimum atomic E-state index is -0.475. The highest BCUT2D eigenvalue weighted by molar-refractivity contribution is 6.33. The van der Waals surface area contributed by atoms with Crippen molar-refractivity contribution in [3.63, 3.8) is 0 Å². The van der Waals surface area contributed by atoms with E-state index in [2.05, 4.69) is 25.9 Å². The van der Waals surface area contributed by atoms with E-state index >= 15 is 0 Å². The number of halogens is 2. The summed E-state index contributed by atoms with van der Waals surface area (Å²) < 4.78 is 18.2. The van der Waals surface area contributed by atoms with Crippen molar-refractivity contribution in [2.45, 2.75) is 44.7 Å². The summed E-state index contributed by atoms with van der Waals surface area (Å²) in [5, 5.41) is 8.51. The maximum atomic E-state index is 13.2. The third-order valence-corrected chi connectivity index (χ3v) is 5.81. The largest absolute Gasteiger partial charge is 0.383 e. The molecule has 1 aromatic heterocycles. The number of H-pyrrole nitrogens is 1. The van der Waals surface area contributed by atoms with Crippen LogP contribution in [0.1, 0.15) is 53.6 Å². The van der Waals surface area contributed by atoms with Crippen LogP contribution in [0.5, 0.6) is 0 Å². The molecular formula is C22H27ClFN5O4.